The molecule has 0 saturated heterocycles. The molecule has 1 heterocycles. The number of benzene rings is 2. The van der Waals surface area contributed by atoms with E-state index in [0.29, 0.717) is 27.0 Å². The molecular weight excluding hydrogens is 442 g/mol. The van der Waals surface area contributed by atoms with Crippen LogP contribution in [0.25, 0.3) is 0 Å². The van der Waals surface area contributed by atoms with Crippen LogP contribution in [0.3, 0.4) is 0 Å². The second-order valence-electron chi connectivity index (χ2n) is 9.02. The number of carbonyl (C=O) groups is 2. The van der Waals surface area contributed by atoms with Crippen molar-refractivity contribution in [2.24, 2.45) is 0 Å². The predicted octanol–water partition coefficient (Wildman–Crippen LogP) is 6.96. The SMILES string of the molecule is CCCCCCCc1ccc(C(=O)N(C(=O)c2sc(N)nc2C)c2c(C)cc(C)cc2C)cc1. The Bertz CT molecular complexity index is 1140. The molecule has 180 valence electrons. The second kappa shape index (κ2) is 11.4. The number of anilines is 2. The zero-order valence-corrected chi connectivity index (χ0v) is 21.7. The van der Waals surface area contributed by atoms with E-state index in [4.69, 9.17) is 5.73 Å². The quantitative estimate of drug-likeness (QED) is 0.267. The van der Waals surface area contributed by atoms with Crippen LogP contribution in [-0.2, 0) is 6.42 Å². The zero-order chi connectivity index (χ0) is 24.8. The molecule has 0 aliphatic rings. The molecule has 0 radical (unpaired) electrons. The highest BCUT2D eigenvalue weighted by atomic mass is 32.1. The molecule has 0 spiro atoms. The summed E-state index contributed by atoms with van der Waals surface area (Å²) in [7, 11) is 0. The van der Waals surface area contributed by atoms with Crippen molar-refractivity contribution in [3.05, 3.63) is 74.8 Å². The number of imide groups is 1. The van der Waals surface area contributed by atoms with E-state index in [1.807, 2.05) is 57.2 Å². The smallest absolute Gasteiger partial charge is 0.277 e. The van der Waals surface area contributed by atoms with E-state index in [0.717, 1.165) is 40.9 Å². The second-order valence-corrected chi connectivity index (χ2v) is 10.1. The topological polar surface area (TPSA) is 76.3 Å². The van der Waals surface area contributed by atoms with Crippen molar-refractivity contribution in [1.29, 1.82) is 0 Å². The van der Waals surface area contributed by atoms with Gasteiger partial charge in [0.25, 0.3) is 11.8 Å². The molecule has 6 heteroatoms. The molecular formula is C28H35N3O2S. The van der Waals surface area contributed by atoms with Crippen molar-refractivity contribution < 1.29 is 9.59 Å². The number of rotatable bonds is 9. The predicted molar refractivity (Wildman–Crippen MR) is 142 cm³/mol. The van der Waals surface area contributed by atoms with Crippen LogP contribution in [0.2, 0.25) is 0 Å². The number of carbonyl (C=O) groups excluding carboxylic acids is 2. The number of thiazole rings is 1. The molecule has 0 unspecified atom stereocenters. The fourth-order valence-electron chi connectivity index (χ4n) is 4.41. The zero-order valence-electron chi connectivity index (χ0n) is 20.9. The third-order valence-corrected chi connectivity index (χ3v) is 7.02. The van der Waals surface area contributed by atoms with Crippen molar-refractivity contribution in [2.75, 3.05) is 10.6 Å². The highest BCUT2D eigenvalue weighted by Crippen LogP contribution is 2.32. The van der Waals surface area contributed by atoms with Crippen molar-refractivity contribution in [2.45, 2.75) is 73.1 Å². The lowest BCUT2D eigenvalue weighted by Crippen LogP contribution is -2.38. The fourth-order valence-corrected chi connectivity index (χ4v) is 5.18. The minimum Gasteiger partial charge on any atom is -0.375 e. The summed E-state index contributed by atoms with van der Waals surface area (Å²) in [5, 5.41) is 0.314. The van der Waals surface area contributed by atoms with Crippen LogP contribution in [0.1, 0.15) is 87.0 Å². The Labute approximate surface area is 207 Å². The van der Waals surface area contributed by atoms with Crippen molar-refractivity contribution in [3.63, 3.8) is 0 Å². The van der Waals surface area contributed by atoms with Crippen LogP contribution in [0, 0.1) is 27.7 Å². The number of hydrogen-bond acceptors (Lipinski definition) is 5. The van der Waals surface area contributed by atoms with E-state index >= 15 is 0 Å². The van der Waals surface area contributed by atoms with Gasteiger partial charge in [0.2, 0.25) is 0 Å². The Morgan fingerprint density at radius 3 is 2.09 bits per heavy atom. The van der Waals surface area contributed by atoms with E-state index in [9.17, 15) is 9.59 Å². The standard InChI is InChI=1S/C28H35N3O2S/c1-6-7-8-9-10-11-22-12-14-23(15-13-22)26(32)31(24-19(3)16-18(2)17-20(24)4)27(33)25-21(5)30-28(29)34-25/h12-17H,6-11H2,1-5H3,(H2,29,30). The monoisotopic (exact) mass is 477 g/mol. The Morgan fingerprint density at radius 1 is 0.912 bits per heavy atom. The minimum absolute atomic E-state index is 0.314. The number of nitrogens with zero attached hydrogens (tertiary/aromatic N) is 2. The Morgan fingerprint density at radius 2 is 1.53 bits per heavy atom. The molecule has 1 aromatic heterocycles. The molecule has 0 saturated carbocycles. The molecule has 2 aromatic carbocycles. The van der Waals surface area contributed by atoms with Crippen LogP contribution in [-0.4, -0.2) is 16.8 Å². The lowest BCUT2D eigenvalue weighted by molar-refractivity contribution is 0.0899. The average molecular weight is 478 g/mol. The number of aryl methyl sites for hydroxylation is 5. The van der Waals surface area contributed by atoms with Crippen molar-refractivity contribution in [3.8, 4) is 0 Å². The molecule has 5 nitrogen and oxygen atoms in total. The number of unbranched alkanes of at least 4 members (excludes halogenated alkanes) is 4. The Balaban J connectivity index is 1.93. The molecule has 0 atom stereocenters. The normalized spacial score (nSPS) is 11.0. The van der Waals surface area contributed by atoms with Crippen LogP contribution < -0.4 is 10.6 Å². The van der Waals surface area contributed by atoms with Crippen molar-refractivity contribution >= 4 is 34.0 Å². The lowest BCUT2D eigenvalue weighted by Gasteiger charge is -2.25. The number of amides is 2. The van der Waals surface area contributed by atoms with Gasteiger partial charge in [-0.25, -0.2) is 9.88 Å². The summed E-state index contributed by atoms with van der Waals surface area (Å²) in [5.41, 5.74) is 11.5. The van der Waals surface area contributed by atoms with Crippen LogP contribution >= 0.6 is 11.3 Å². The maximum Gasteiger partial charge on any atom is 0.277 e. The van der Waals surface area contributed by atoms with Crippen LogP contribution in [0.5, 0.6) is 0 Å². The largest absolute Gasteiger partial charge is 0.375 e. The average Bonchev–Trinajstić information content (AvgIpc) is 3.13. The van der Waals surface area contributed by atoms with Gasteiger partial charge in [-0.3, -0.25) is 9.59 Å². The first-order valence-corrected chi connectivity index (χ1v) is 12.8. The van der Waals surface area contributed by atoms with Gasteiger partial charge in [0.05, 0.1) is 11.4 Å². The first-order chi connectivity index (χ1) is 16.2. The highest BCUT2D eigenvalue weighted by Gasteiger charge is 2.31. The summed E-state index contributed by atoms with van der Waals surface area (Å²) in [5.74, 6) is -0.743. The number of nitrogen functional groups attached to an aromatic ring is 1. The minimum atomic E-state index is -0.397. The van der Waals surface area contributed by atoms with E-state index in [-0.39, 0.29) is 5.91 Å². The summed E-state index contributed by atoms with van der Waals surface area (Å²) in [6, 6.07) is 11.6. The summed E-state index contributed by atoms with van der Waals surface area (Å²) < 4.78 is 0. The van der Waals surface area contributed by atoms with Crippen LogP contribution in [0.4, 0.5) is 10.8 Å². The summed E-state index contributed by atoms with van der Waals surface area (Å²) in [6.45, 7) is 9.82. The summed E-state index contributed by atoms with van der Waals surface area (Å²) >= 11 is 1.11. The first kappa shape index (κ1) is 25.6. The van der Waals surface area contributed by atoms with Crippen LogP contribution in [0.15, 0.2) is 36.4 Å². The van der Waals surface area contributed by atoms with E-state index in [1.165, 1.54) is 36.1 Å². The number of nitrogens with two attached hydrogens (primary N) is 1. The number of aromatic nitrogens is 1. The van der Waals surface area contributed by atoms with Gasteiger partial charge in [0, 0.05) is 5.56 Å². The molecule has 0 aliphatic carbocycles. The number of hydrogen-bond donors (Lipinski definition) is 1. The van der Waals surface area contributed by atoms with Gasteiger partial charge in [0.15, 0.2) is 5.13 Å². The molecule has 2 N–H and O–H groups in total. The van der Waals surface area contributed by atoms with E-state index in [2.05, 4.69) is 11.9 Å². The molecule has 34 heavy (non-hydrogen) atoms. The van der Waals surface area contributed by atoms with E-state index in [1.54, 1.807) is 6.92 Å². The van der Waals surface area contributed by atoms with Gasteiger partial charge in [-0.2, -0.15) is 0 Å². The fraction of sp³-hybridized carbons (Fsp3) is 0.393. The van der Waals surface area contributed by atoms with Crippen molar-refractivity contribution in [1.82, 2.24) is 4.98 Å². The maximum atomic E-state index is 13.8. The van der Waals surface area contributed by atoms with Gasteiger partial charge in [-0.05, 0) is 69.4 Å². The Hall–Kier alpha value is -2.99. The first-order valence-electron chi connectivity index (χ1n) is 12.0. The molecule has 2 amide bonds. The molecule has 0 aliphatic heterocycles. The van der Waals surface area contributed by atoms with E-state index < -0.39 is 5.91 Å². The summed E-state index contributed by atoms with van der Waals surface area (Å²) in [6.07, 6.45) is 7.14. The molecule has 0 bridgehead atoms. The van der Waals surface area contributed by atoms with Gasteiger partial charge in [-0.15, -0.1) is 0 Å². The molecule has 0 fully saturated rings. The van der Waals surface area contributed by atoms with Gasteiger partial charge in [-0.1, -0.05) is 73.8 Å². The highest BCUT2D eigenvalue weighted by molar-refractivity contribution is 7.17. The maximum absolute atomic E-state index is 13.8. The van der Waals surface area contributed by atoms with Gasteiger partial charge >= 0.3 is 0 Å². The molecule has 3 aromatic rings. The van der Waals surface area contributed by atoms with Gasteiger partial charge in [0.1, 0.15) is 4.88 Å². The molecule has 3 rings (SSSR count). The lowest BCUT2D eigenvalue weighted by atomic mass is 10.0. The Kier molecular flexibility index (Phi) is 8.61. The summed E-state index contributed by atoms with van der Waals surface area (Å²) in [4.78, 5) is 33.3. The third-order valence-electron chi connectivity index (χ3n) is 6.04. The third kappa shape index (κ3) is 5.92. The van der Waals surface area contributed by atoms with Gasteiger partial charge < -0.3 is 5.73 Å².